The van der Waals surface area contributed by atoms with E-state index in [1.165, 1.54) is 6.07 Å². The Balaban J connectivity index is 2.86. The van der Waals surface area contributed by atoms with Gasteiger partial charge in [-0.3, -0.25) is 0 Å². The van der Waals surface area contributed by atoms with Gasteiger partial charge in [-0.15, -0.1) is 0 Å². The van der Waals surface area contributed by atoms with Crippen LogP contribution in [0.2, 0.25) is 0 Å². The molecule has 0 radical (unpaired) electrons. The van der Waals surface area contributed by atoms with E-state index >= 15 is 0 Å². The second kappa shape index (κ2) is 5.58. The summed E-state index contributed by atoms with van der Waals surface area (Å²) >= 11 is 0. The number of sulfonamides is 1. The van der Waals surface area contributed by atoms with Crippen LogP contribution >= 0.6 is 0 Å². The van der Waals surface area contributed by atoms with Crippen molar-refractivity contribution in [1.82, 2.24) is 0 Å². The number of primary sulfonamides is 1. The zero-order chi connectivity index (χ0) is 13.9. The first kappa shape index (κ1) is 14.8. The molecule has 1 unspecified atom stereocenters. The van der Waals surface area contributed by atoms with Crippen LogP contribution in [0.4, 0.5) is 11.4 Å². The summed E-state index contributed by atoms with van der Waals surface area (Å²) in [7, 11) is -3.75. The van der Waals surface area contributed by atoms with Gasteiger partial charge in [-0.1, -0.05) is 13.8 Å². The van der Waals surface area contributed by atoms with E-state index in [4.69, 9.17) is 10.9 Å². The van der Waals surface area contributed by atoms with Gasteiger partial charge in [-0.05, 0) is 37.5 Å². The van der Waals surface area contributed by atoms with E-state index in [9.17, 15) is 8.42 Å². The van der Waals surface area contributed by atoms with Crippen LogP contribution in [-0.2, 0) is 10.0 Å². The summed E-state index contributed by atoms with van der Waals surface area (Å²) in [4.78, 5) is -0.0374. The molecule has 1 rings (SSSR count). The number of nitrogens with one attached hydrogen (secondary N) is 1. The van der Waals surface area contributed by atoms with Crippen molar-refractivity contribution in [2.24, 2.45) is 11.1 Å². The Hall–Kier alpha value is -1.27. The molecule has 5 nitrogen and oxygen atoms in total. The third kappa shape index (κ3) is 4.19. The summed E-state index contributed by atoms with van der Waals surface area (Å²) < 4.78 is 22.4. The summed E-state index contributed by atoms with van der Waals surface area (Å²) in [5.74, 6) is 0.591. The largest absolute Gasteiger partial charge is 0.398 e. The van der Waals surface area contributed by atoms with Crippen molar-refractivity contribution in [3.05, 3.63) is 18.2 Å². The maximum absolute atomic E-state index is 11.2. The molecule has 5 N–H and O–H groups in total. The zero-order valence-electron chi connectivity index (χ0n) is 11.0. The highest BCUT2D eigenvalue weighted by Crippen LogP contribution is 2.22. The molecule has 0 fully saturated rings. The standard InChI is InChI=1S/C12H21N3O2S/c1-8(2)6-9(3)15-10-4-5-12(11(13)7-10)18(14,16)17/h4-5,7-9,15H,6,13H2,1-3H3,(H2,14,16,17). The molecule has 18 heavy (non-hydrogen) atoms. The summed E-state index contributed by atoms with van der Waals surface area (Å²) in [5.41, 5.74) is 6.65. The Kier molecular flexibility index (Phi) is 4.59. The summed E-state index contributed by atoms with van der Waals surface area (Å²) in [6.45, 7) is 6.37. The Bertz CT molecular complexity index is 512. The van der Waals surface area contributed by atoms with Crippen molar-refractivity contribution in [3.8, 4) is 0 Å². The van der Waals surface area contributed by atoms with Gasteiger partial charge < -0.3 is 11.1 Å². The molecule has 102 valence electrons. The van der Waals surface area contributed by atoms with E-state index in [1.807, 2.05) is 0 Å². The number of rotatable bonds is 5. The second-order valence-electron chi connectivity index (χ2n) is 4.97. The fourth-order valence-electron chi connectivity index (χ4n) is 1.95. The SMILES string of the molecule is CC(C)CC(C)Nc1ccc(S(N)(=O)=O)c(N)c1. The molecule has 0 aliphatic carbocycles. The van der Waals surface area contributed by atoms with Gasteiger partial charge in [0.05, 0.1) is 5.69 Å². The fourth-order valence-corrected chi connectivity index (χ4v) is 2.59. The predicted octanol–water partition coefficient (Wildman–Crippen LogP) is 1.76. The Morgan fingerprint density at radius 1 is 1.28 bits per heavy atom. The Labute approximate surface area is 109 Å². The molecule has 1 atom stereocenters. The van der Waals surface area contributed by atoms with Gasteiger partial charge in [0.25, 0.3) is 0 Å². The lowest BCUT2D eigenvalue weighted by Crippen LogP contribution is -2.18. The minimum absolute atomic E-state index is 0.0374. The molecule has 0 heterocycles. The van der Waals surface area contributed by atoms with Gasteiger partial charge in [-0.25, -0.2) is 13.6 Å². The number of benzene rings is 1. The highest BCUT2D eigenvalue weighted by Gasteiger charge is 2.13. The van der Waals surface area contributed by atoms with Gasteiger partial charge >= 0.3 is 0 Å². The minimum atomic E-state index is -3.75. The molecular formula is C12H21N3O2S. The van der Waals surface area contributed by atoms with Crippen LogP contribution in [-0.4, -0.2) is 14.5 Å². The fraction of sp³-hybridized carbons (Fsp3) is 0.500. The van der Waals surface area contributed by atoms with Crippen molar-refractivity contribution >= 4 is 21.4 Å². The molecule has 0 aliphatic rings. The third-order valence-corrected chi connectivity index (χ3v) is 3.54. The number of hydrogen-bond acceptors (Lipinski definition) is 4. The van der Waals surface area contributed by atoms with E-state index in [0.717, 1.165) is 12.1 Å². The second-order valence-corrected chi connectivity index (χ2v) is 6.50. The van der Waals surface area contributed by atoms with Crippen LogP contribution in [0.25, 0.3) is 0 Å². The summed E-state index contributed by atoms with van der Waals surface area (Å²) in [5, 5.41) is 8.32. The van der Waals surface area contributed by atoms with Crippen LogP contribution < -0.4 is 16.2 Å². The van der Waals surface area contributed by atoms with Crippen molar-refractivity contribution in [1.29, 1.82) is 0 Å². The molecule has 0 aliphatic heterocycles. The van der Waals surface area contributed by atoms with Gasteiger partial charge in [0, 0.05) is 11.7 Å². The van der Waals surface area contributed by atoms with Gasteiger partial charge in [0.2, 0.25) is 10.0 Å². The minimum Gasteiger partial charge on any atom is -0.398 e. The lowest BCUT2D eigenvalue weighted by molar-refractivity contribution is 0.540. The van der Waals surface area contributed by atoms with Crippen LogP contribution in [0.15, 0.2) is 23.1 Å². The van der Waals surface area contributed by atoms with Gasteiger partial charge in [0.1, 0.15) is 4.90 Å². The van der Waals surface area contributed by atoms with Gasteiger partial charge in [0.15, 0.2) is 0 Å². The highest BCUT2D eigenvalue weighted by atomic mass is 32.2. The van der Waals surface area contributed by atoms with E-state index in [2.05, 4.69) is 26.1 Å². The smallest absolute Gasteiger partial charge is 0.240 e. The average Bonchev–Trinajstić information content (AvgIpc) is 2.13. The van der Waals surface area contributed by atoms with E-state index < -0.39 is 10.0 Å². The van der Waals surface area contributed by atoms with E-state index in [-0.39, 0.29) is 10.6 Å². The summed E-state index contributed by atoms with van der Waals surface area (Å²) in [6.07, 6.45) is 1.02. The van der Waals surface area contributed by atoms with Crippen LogP contribution in [0.1, 0.15) is 27.2 Å². The Morgan fingerprint density at radius 3 is 2.33 bits per heavy atom. The maximum Gasteiger partial charge on any atom is 0.240 e. The lowest BCUT2D eigenvalue weighted by atomic mass is 10.1. The molecular weight excluding hydrogens is 250 g/mol. The summed E-state index contributed by atoms with van der Waals surface area (Å²) in [6, 6.07) is 4.99. The predicted molar refractivity (Wildman–Crippen MR) is 74.8 cm³/mol. The molecule has 0 saturated carbocycles. The average molecular weight is 271 g/mol. The molecule has 6 heteroatoms. The van der Waals surface area contributed by atoms with Crippen LogP contribution in [0, 0.1) is 5.92 Å². The van der Waals surface area contributed by atoms with Crippen LogP contribution in [0.3, 0.4) is 0 Å². The quantitative estimate of drug-likeness (QED) is 0.711. The number of anilines is 2. The molecule has 1 aromatic carbocycles. The number of hydrogen-bond donors (Lipinski definition) is 3. The van der Waals surface area contributed by atoms with Crippen molar-refractivity contribution in [3.63, 3.8) is 0 Å². The molecule has 0 amide bonds. The van der Waals surface area contributed by atoms with Crippen molar-refractivity contribution in [2.45, 2.75) is 38.1 Å². The molecule has 0 aromatic heterocycles. The zero-order valence-corrected chi connectivity index (χ0v) is 11.8. The first-order valence-corrected chi connectivity index (χ1v) is 7.43. The number of nitrogen functional groups attached to an aromatic ring is 1. The molecule has 0 bridgehead atoms. The highest BCUT2D eigenvalue weighted by molar-refractivity contribution is 7.89. The maximum atomic E-state index is 11.2. The van der Waals surface area contributed by atoms with Crippen LogP contribution in [0.5, 0.6) is 0 Å². The first-order valence-electron chi connectivity index (χ1n) is 5.89. The van der Waals surface area contributed by atoms with Crippen molar-refractivity contribution < 1.29 is 8.42 Å². The topological polar surface area (TPSA) is 98.2 Å². The molecule has 0 spiro atoms. The first-order chi connectivity index (χ1) is 8.20. The Morgan fingerprint density at radius 2 is 1.89 bits per heavy atom. The van der Waals surface area contributed by atoms with Crippen molar-refractivity contribution in [2.75, 3.05) is 11.1 Å². The van der Waals surface area contributed by atoms with E-state index in [0.29, 0.717) is 12.0 Å². The monoisotopic (exact) mass is 271 g/mol. The normalized spacial score (nSPS) is 13.6. The van der Waals surface area contributed by atoms with Gasteiger partial charge in [-0.2, -0.15) is 0 Å². The number of nitrogens with two attached hydrogens (primary N) is 2. The third-order valence-electron chi connectivity index (χ3n) is 2.55. The molecule has 1 aromatic rings. The van der Waals surface area contributed by atoms with E-state index in [1.54, 1.807) is 12.1 Å². The lowest BCUT2D eigenvalue weighted by Gasteiger charge is -2.18. The molecule has 0 saturated heterocycles.